The molecular formula is C22H19N3O2. The molecule has 0 radical (unpaired) electrons. The summed E-state index contributed by atoms with van der Waals surface area (Å²) in [5.41, 5.74) is 4.65. The Morgan fingerprint density at radius 1 is 0.630 bits per heavy atom. The third-order valence-electron chi connectivity index (χ3n) is 4.53. The fourth-order valence-corrected chi connectivity index (χ4v) is 3.09. The number of hydrogen-bond acceptors (Lipinski definition) is 4. The maximum absolute atomic E-state index is 12.0. The van der Waals surface area contributed by atoms with Gasteiger partial charge in [0.05, 0.1) is 22.5 Å². The first kappa shape index (κ1) is 16.8. The van der Waals surface area contributed by atoms with Crippen molar-refractivity contribution in [2.24, 2.45) is 0 Å². The number of nitrogens with one attached hydrogen (secondary N) is 3. The summed E-state index contributed by atoms with van der Waals surface area (Å²) in [5.74, 6) is -0.709. The molecule has 0 spiro atoms. The number of fused-ring (bicyclic) bond motifs is 1. The highest BCUT2D eigenvalue weighted by molar-refractivity contribution is 6.22. The van der Waals surface area contributed by atoms with Gasteiger partial charge in [-0.15, -0.1) is 0 Å². The van der Waals surface area contributed by atoms with E-state index in [1.54, 1.807) is 12.1 Å². The van der Waals surface area contributed by atoms with Crippen molar-refractivity contribution in [2.75, 3.05) is 10.6 Å². The Balaban J connectivity index is 1.61. The van der Waals surface area contributed by atoms with Crippen molar-refractivity contribution in [3.05, 3.63) is 95.1 Å². The number of rotatable bonds is 6. The van der Waals surface area contributed by atoms with Crippen LogP contribution in [-0.4, -0.2) is 11.8 Å². The molecule has 5 nitrogen and oxygen atoms in total. The molecule has 0 aromatic heterocycles. The molecular weight excluding hydrogens is 338 g/mol. The van der Waals surface area contributed by atoms with Gasteiger partial charge in [0.1, 0.15) is 0 Å². The minimum Gasteiger partial charge on any atom is -0.379 e. The van der Waals surface area contributed by atoms with Crippen molar-refractivity contribution in [3.8, 4) is 0 Å². The fraction of sp³-hybridized carbons (Fsp3) is 0.0909. The first-order valence-electron chi connectivity index (χ1n) is 8.80. The number of benzene rings is 3. The van der Waals surface area contributed by atoms with E-state index in [4.69, 9.17) is 0 Å². The molecule has 3 aromatic rings. The molecule has 2 amide bonds. The minimum absolute atomic E-state index is 0.354. The first-order chi connectivity index (χ1) is 13.2. The topological polar surface area (TPSA) is 70.2 Å². The van der Waals surface area contributed by atoms with Crippen LogP contribution in [0.3, 0.4) is 0 Å². The molecule has 1 aliphatic rings. The predicted molar refractivity (Wildman–Crippen MR) is 106 cm³/mol. The fourth-order valence-electron chi connectivity index (χ4n) is 3.09. The number of anilines is 2. The van der Waals surface area contributed by atoms with E-state index < -0.39 is 0 Å². The van der Waals surface area contributed by atoms with E-state index >= 15 is 0 Å². The lowest BCUT2D eigenvalue weighted by Crippen LogP contribution is -2.19. The molecule has 5 heteroatoms. The molecule has 3 N–H and O–H groups in total. The van der Waals surface area contributed by atoms with E-state index in [0.29, 0.717) is 24.2 Å². The molecule has 0 saturated heterocycles. The Labute approximate surface area is 157 Å². The molecule has 1 aliphatic heterocycles. The summed E-state index contributed by atoms with van der Waals surface area (Å²) in [4.78, 5) is 24.0. The summed E-state index contributed by atoms with van der Waals surface area (Å²) < 4.78 is 0. The summed E-state index contributed by atoms with van der Waals surface area (Å²) >= 11 is 0. The van der Waals surface area contributed by atoms with E-state index in [9.17, 15) is 9.59 Å². The Hall–Kier alpha value is -3.60. The molecule has 3 aromatic carbocycles. The maximum atomic E-state index is 12.0. The van der Waals surface area contributed by atoms with E-state index in [1.807, 2.05) is 60.7 Å². The van der Waals surface area contributed by atoms with Crippen molar-refractivity contribution in [3.63, 3.8) is 0 Å². The molecule has 0 bridgehead atoms. The number of imide groups is 1. The summed E-state index contributed by atoms with van der Waals surface area (Å²) in [6.45, 7) is 1.24. The van der Waals surface area contributed by atoms with Gasteiger partial charge >= 0.3 is 0 Å². The molecule has 0 unspecified atom stereocenters. The predicted octanol–water partition coefficient (Wildman–Crippen LogP) is 3.79. The lowest BCUT2D eigenvalue weighted by Gasteiger charge is -2.15. The Morgan fingerprint density at radius 2 is 1.04 bits per heavy atom. The van der Waals surface area contributed by atoms with Gasteiger partial charge in [-0.2, -0.15) is 0 Å². The maximum Gasteiger partial charge on any atom is 0.259 e. The molecule has 4 rings (SSSR count). The van der Waals surface area contributed by atoms with E-state index in [1.165, 1.54) is 0 Å². The number of carbonyl (C=O) groups is 2. The molecule has 0 aliphatic carbocycles. The van der Waals surface area contributed by atoms with Crippen molar-refractivity contribution >= 4 is 23.2 Å². The van der Waals surface area contributed by atoms with Crippen molar-refractivity contribution in [1.29, 1.82) is 0 Å². The highest BCUT2D eigenvalue weighted by Crippen LogP contribution is 2.30. The quantitative estimate of drug-likeness (QED) is 0.587. The van der Waals surface area contributed by atoms with Crippen LogP contribution >= 0.6 is 0 Å². The first-order valence-corrected chi connectivity index (χ1v) is 8.80. The zero-order valence-corrected chi connectivity index (χ0v) is 14.7. The molecule has 0 fully saturated rings. The van der Waals surface area contributed by atoms with Crippen LogP contribution in [0.15, 0.2) is 72.8 Å². The molecule has 0 saturated carbocycles. The van der Waals surface area contributed by atoms with Gasteiger partial charge in [0.25, 0.3) is 11.8 Å². The van der Waals surface area contributed by atoms with Crippen LogP contribution < -0.4 is 16.0 Å². The van der Waals surface area contributed by atoms with Crippen molar-refractivity contribution in [1.82, 2.24) is 5.32 Å². The standard InChI is InChI=1S/C22H19N3O2/c26-21-17-11-19(23-13-15-7-3-1-4-8-15)20(12-18(17)22(27)25-21)24-14-16-9-5-2-6-10-16/h1-12,23-24H,13-14H2,(H,25,26,27). The summed E-state index contributed by atoms with van der Waals surface area (Å²) in [7, 11) is 0. The third kappa shape index (κ3) is 3.67. The Bertz CT molecular complexity index is 905. The van der Waals surface area contributed by atoms with E-state index in [2.05, 4.69) is 16.0 Å². The zero-order valence-electron chi connectivity index (χ0n) is 14.7. The summed E-state index contributed by atoms with van der Waals surface area (Å²) in [6, 6.07) is 23.5. The lowest BCUT2D eigenvalue weighted by atomic mass is 10.1. The number of carbonyl (C=O) groups excluding carboxylic acids is 2. The minimum atomic E-state index is -0.354. The highest BCUT2D eigenvalue weighted by Gasteiger charge is 2.28. The molecule has 0 atom stereocenters. The average molecular weight is 357 g/mol. The highest BCUT2D eigenvalue weighted by atomic mass is 16.2. The molecule has 27 heavy (non-hydrogen) atoms. The van der Waals surface area contributed by atoms with Crippen molar-refractivity contribution in [2.45, 2.75) is 13.1 Å². The Morgan fingerprint density at radius 3 is 1.44 bits per heavy atom. The smallest absolute Gasteiger partial charge is 0.259 e. The van der Waals surface area contributed by atoms with Gasteiger partial charge in [-0.1, -0.05) is 60.7 Å². The van der Waals surface area contributed by atoms with Gasteiger partial charge in [0.2, 0.25) is 0 Å². The van der Waals surface area contributed by atoms with Gasteiger partial charge in [-0.3, -0.25) is 14.9 Å². The second-order valence-corrected chi connectivity index (χ2v) is 6.40. The van der Waals surface area contributed by atoms with Crippen molar-refractivity contribution < 1.29 is 9.59 Å². The van der Waals surface area contributed by atoms with E-state index in [-0.39, 0.29) is 11.8 Å². The monoisotopic (exact) mass is 357 g/mol. The van der Waals surface area contributed by atoms with Gasteiger partial charge in [0, 0.05) is 13.1 Å². The van der Waals surface area contributed by atoms with Crippen LogP contribution in [0.5, 0.6) is 0 Å². The largest absolute Gasteiger partial charge is 0.379 e. The second-order valence-electron chi connectivity index (χ2n) is 6.40. The van der Waals surface area contributed by atoms with Crippen LogP contribution in [-0.2, 0) is 13.1 Å². The average Bonchev–Trinajstić information content (AvgIpc) is 2.99. The van der Waals surface area contributed by atoms with Crippen LogP contribution in [0, 0.1) is 0 Å². The van der Waals surface area contributed by atoms with Gasteiger partial charge < -0.3 is 10.6 Å². The second kappa shape index (κ2) is 7.33. The van der Waals surface area contributed by atoms with Gasteiger partial charge in [-0.05, 0) is 23.3 Å². The lowest BCUT2D eigenvalue weighted by molar-refractivity contribution is 0.0879. The SMILES string of the molecule is O=C1NC(=O)c2cc(NCc3ccccc3)c(NCc3ccccc3)cc21. The van der Waals surface area contributed by atoms with Crippen LogP contribution in [0.25, 0.3) is 0 Å². The zero-order chi connectivity index (χ0) is 18.6. The van der Waals surface area contributed by atoms with Gasteiger partial charge in [0.15, 0.2) is 0 Å². The van der Waals surface area contributed by atoms with Crippen LogP contribution in [0.2, 0.25) is 0 Å². The number of hydrogen-bond donors (Lipinski definition) is 3. The number of amides is 2. The van der Waals surface area contributed by atoms with E-state index in [0.717, 1.165) is 22.5 Å². The van der Waals surface area contributed by atoms with Crippen LogP contribution in [0.1, 0.15) is 31.8 Å². The summed E-state index contributed by atoms with van der Waals surface area (Å²) in [5, 5.41) is 9.11. The molecule has 134 valence electrons. The van der Waals surface area contributed by atoms with Crippen LogP contribution in [0.4, 0.5) is 11.4 Å². The van der Waals surface area contributed by atoms with Gasteiger partial charge in [-0.25, -0.2) is 0 Å². The third-order valence-corrected chi connectivity index (χ3v) is 4.53. The summed E-state index contributed by atoms with van der Waals surface area (Å²) in [6.07, 6.45) is 0. The Kier molecular flexibility index (Phi) is 4.58. The molecule has 1 heterocycles. The normalized spacial score (nSPS) is 12.4.